The van der Waals surface area contributed by atoms with Gasteiger partial charge in [0.2, 0.25) is 5.88 Å². The van der Waals surface area contributed by atoms with Gasteiger partial charge in [0.15, 0.2) is 0 Å². The first kappa shape index (κ1) is 11.9. The molecule has 0 spiro atoms. The van der Waals surface area contributed by atoms with Gasteiger partial charge in [-0.1, -0.05) is 6.07 Å². The van der Waals surface area contributed by atoms with E-state index in [1.165, 1.54) is 7.11 Å². The van der Waals surface area contributed by atoms with Gasteiger partial charge in [0, 0.05) is 25.5 Å². The minimum absolute atomic E-state index is 0.471. The molecule has 1 aromatic rings. The molecule has 0 amide bonds. The monoisotopic (exact) mass is 237 g/mol. The number of nitrogens with zero attached hydrogens (tertiary/aromatic N) is 1. The molecule has 2 heterocycles. The summed E-state index contributed by atoms with van der Waals surface area (Å²) in [5.41, 5.74) is -0.147. The second-order valence-electron chi connectivity index (χ2n) is 4.09. The van der Waals surface area contributed by atoms with Crippen LogP contribution in [-0.4, -0.2) is 36.4 Å². The Morgan fingerprint density at radius 3 is 2.65 bits per heavy atom. The maximum absolute atomic E-state index is 11.5. The summed E-state index contributed by atoms with van der Waals surface area (Å²) in [6, 6.07) is 3.46. The summed E-state index contributed by atoms with van der Waals surface area (Å²) in [4.78, 5) is 15.6. The Hall–Kier alpha value is -1.62. The zero-order valence-electron chi connectivity index (χ0n) is 9.68. The number of ether oxygens (including phenoxy) is 2. The molecule has 1 aromatic heterocycles. The molecule has 5 heteroatoms. The van der Waals surface area contributed by atoms with Crippen molar-refractivity contribution in [2.24, 2.45) is 0 Å². The molecule has 5 nitrogen and oxygen atoms in total. The van der Waals surface area contributed by atoms with Crippen LogP contribution >= 0.6 is 0 Å². The van der Waals surface area contributed by atoms with Gasteiger partial charge in [0.25, 0.3) is 0 Å². The van der Waals surface area contributed by atoms with Crippen molar-refractivity contribution in [2.75, 3.05) is 20.3 Å². The number of hydrogen-bond donors (Lipinski definition) is 1. The number of aliphatic carboxylic acids is 1. The largest absolute Gasteiger partial charge is 0.481 e. The van der Waals surface area contributed by atoms with Gasteiger partial charge in [-0.2, -0.15) is 0 Å². The zero-order chi connectivity index (χ0) is 12.3. The Bertz CT molecular complexity index is 395. The number of carboxylic acid groups (broad SMARTS) is 1. The quantitative estimate of drug-likeness (QED) is 0.856. The molecule has 0 saturated carbocycles. The second-order valence-corrected chi connectivity index (χ2v) is 4.09. The van der Waals surface area contributed by atoms with Gasteiger partial charge in [-0.05, 0) is 18.4 Å². The lowest BCUT2D eigenvalue weighted by atomic mass is 9.75. The van der Waals surface area contributed by atoms with Crippen LogP contribution in [0.3, 0.4) is 0 Å². The number of methoxy groups -OCH3 is 1. The molecule has 0 bridgehead atoms. The van der Waals surface area contributed by atoms with Crippen molar-refractivity contribution < 1.29 is 19.4 Å². The molecule has 0 radical (unpaired) electrons. The highest BCUT2D eigenvalue weighted by Gasteiger charge is 2.42. The number of aromatic nitrogens is 1. The topological polar surface area (TPSA) is 68.7 Å². The SMILES string of the molecule is COc1ccc(C2(C(=O)O)CCOCC2)cn1. The van der Waals surface area contributed by atoms with Gasteiger partial charge in [-0.25, -0.2) is 4.98 Å². The standard InChI is InChI=1S/C12H15NO4/c1-16-10-3-2-9(8-13-10)12(11(14)15)4-6-17-7-5-12/h2-3,8H,4-7H2,1H3,(H,14,15). The lowest BCUT2D eigenvalue weighted by molar-refractivity contribution is -0.147. The number of hydrogen-bond acceptors (Lipinski definition) is 4. The maximum atomic E-state index is 11.5. The van der Waals surface area contributed by atoms with Crippen LogP contribution in [0.5, 0.6) is 5.88 Å². The zero-order valence-corrected chi connectivity index (χ0v) is 9.68. The van der Waals surface area contributed by atoms with E-state index in [-0.39, 0.29) is 0 Å². The first-order valence-electron chi connectivity index (χ1n) is 5.51. The summed E-state index contributed by atoms with van der Waals surface area (Å²) >= 11 is 0. The molecule has 1 aliphatic heterocycles. The molecular weight excluding hydrogens is 222 g/mol. The summed E-state index contributed by atoms with van der Waals surface area (Å²) in [6.45, 7) is 0.941. The van der Waals surface area contributed by atoms with Crippen molar-refractivity contribution in [1.29, 1.82) is 0 Å². The number of rotatable bonds is 3. The van der Waals surface area contributed by atoms with Gasteiger partial charge < -0.3 is 14.6 Å². The summed E-state index contributed by atoms with van der Waals surface area (Å²) < 4.78 is 10.2. The van der Waals surface area contributed by atoms with E-state index < -0.39 is 11.4 Å². The van der Waals surface area contributed by atoms with E-state index >= 15 is 0 Å². The Morgan fingerprint density at radius 2 is 2.18 bits per heavy atom. The van der Waals surface area contributed by atoms with Crippen LogP contribution in [0.25, 0.3) is 0 Å². The minimum atomic E-state index is -0.864. The number of carboxylic acids is 1. The normalized spacial score (nSPS) is 18.6. The van der Waals surface area contributed by atoms with Crippen LogP contribution in [0.4, 0.5) is 0 Å². The first-order valence-corrected chi connectivity index (χ1v) is 5.51. The van der Waals surface area contributed by atoms with Crippen molar-refractivity contribution in [2.45, 2.75) is 18.3 Å². The van der Waals surface area contributed by atoms with E-state index in [0.717, 1.165) is 0 Å². The Labute approximate surface area is 99.4 Å². The summed E-state index contributed by atoms with van der Waals surface area (Å²) in [7, 11) is 1.53. The molecule has 92 valence electrons. The Morgan fingerprint density at radius 1 is 1.47 bits per heavy atom. The van der Waals surface area contributed by atoms with Crippen molar-refractivity contribution in [3.8, 4) is 5.88 Å². The third-order valence-electron chi connectivity index (χ3n) is 3.25. The minimum Gasteiger partial charge on any atom is -0.481 e. The molecule has 1 aliphatic rings. The summed E-state index contributed by atoms with van der Waals surface area (Å²) in [5.74, 6) is -0.325. The molecule has 0 atom stereocenters. The van der Waals surface area contributed by atoms with Crippen LogP contribution in [-0.2, 0) is 14.9 Å². The molecular formula is C12H15NO4. The van der Waals surface area contributed by atoms with Crippen molar-refractivity contribution >= 4 is 5.97 Å². The van der Waals surface area contributed by atoms with Crippen molar-refractivity contribution in [3.05, 3.63) is 23.9 Å². The Balaban J connectivity index is 2.34. The van der Waals surface area contributed by atoms with E-state index in [1.807, 2.05) is 0 Å². The average molecular weight is 237 g/mol. The molecule has 0 aromatic carbocycles. The predicted molar refractivity (Wildman–Crippen MR) is 60.2 cm³/mol. The number of pyridine rings is 1. The highest BCUT2D eigenvalue weighted by Crippen LogP contribution is 2.35. The lowest BCUT2D eigenvalue weighted by Crippen LogP contribution is -2.41. The fourth-order valence-electron chi connectivity index (χ4n) is 2.13. The molecule has 1 fully saturated rings. The predicted octanol–water partition coefficient (Wildman–Crippen LogP) is 1.22. The van der Waals surface area contributed by atoms with Crippen molar-refractivity contribution in [3.63, 3.8) is 0 Å². The fraction of sp³-hybridized carbons (Fsp3) is 0.500. The summed E-state index contributed by atoms with van der Waals surface area (Å²) in [5, 5.41) is 9.45. The molecule has 1 saturated heterocycles. The van der Waals surface area contributed by atoms with E-state index in [9.17, 15) is 9.90 Å². The van der Waals surface area contributed by atoms with E-state index in [2.05, 4.69) is 4.98 Å². The third-order valence-corrected chi connectivity index (χ3v) is 3.25. The highest BCUT2D eigenvalue weighted by molar-refractivity contribution is 5.81. The third kappa shape index (κ3) is 2.10. The summed E-state index contributed by atoms with van der Waals surface area (Å²) in [6.07, 6.45) is 2.55. The van der Waals surface area contributed by atoms with Gasteiger partial charge in [0.05, 0.1) is 12.5 Å². The van der Waals surface area contributed by atoms with Crippen LogP contribution < -0.4 is 4.74 Å². The lowest BCUT2D eigenvalue weighted by Gasteiger charge is -2.33. The van der Waals surface area contributed by atoms with Crippen molar-refractivity contribution in [1.82, 2.24) is 4.98 Å². The average Bonchev–Trinajstić information content (AvgIpc) is 2.39. The van der Waals surface area contributed by atoms with Gasteiger partial charge in [0.1, 0.15) is 0 Å². The van der Waals surface area contributed by atoms with Gasteiger partial charge in [-0.15, -0.1) is 0 Å². The first-order chi connectivity index (χ1) is 8.19. The maximum Gasteiger partial charge on any atom is 0.314 e. The molecule has 2 rings (SSSR count). The van der Waals surface area contributed by atoms with E-state index in [4.69, 9.17) is 9.47 Å². The van der Waals surface area contributed by atoms with Crippen LogP contribution in [0.2, 0.25) is 0 Å². The fourth-order valence-corrected chi connectivity index (χ4v) is 2.13. The van der Waals surface area contributed by atoms with Crippen LogP contribution in [0, 0.1) is 0 Å². The van der Waals surface area contributed by atoms with E-state index in [0.29, 0.717) is 37.5 Å². The number of carbonyl (C=O) groups is 1. The van der Waals surface area contributed by atoms with Gasteiger partial charge >= 0.3 is 5.97 Å². The Kier molecular flexibility index (Phi) is 3.28. The van der Waals surface area contributed by atoms with Crippen LogP contribution in [0.15, 0.2) is 18.3 Å². The second kappa shape index (κ2) is 4.71. The van der Waals surface area contributed by atoms with E-state index in [1.54, 1.807) is 18.3 Å². The molecule has 0 aliphatic carbocycles. The molecule has 17 heavy (non-hydrogen) atoms. The van der Waals surface area contributed by atoms with Crippen LogP contribution in [0.1, 0.15) is 18.4 Å². The molecule has 0 unspecified atom stereocenters. The van der Waals surface area contributed by atoms with Gasteiger partial charge in [-0.3, -0.25) is 4.79 Å². The smallest absolute Gasteiger partial charge is 0.314 e. The highest BCUT2D eigenvalue weighted by atomic mass is 16.5. The molecule has 1 N–H and O–H groups in total.